The van der Waals surface area contributed by atoms with Gasteiger partial charge >= 0.3 is 5.97 Å². The summed E-state index contributed by atoms with van der Waals surface area (Å²) >= 11 is 0. The average molecular weight is 226 g/mol. The molecule has 0 aliphatic heterocycles. The van der Waals surface area contributed by atoms with Crippen LogP contribution < -0.4 is 0 Å². The minimum absolute atomic E-state index is 0.436. The molecule has 16 heavy (non-hydrogen) atoms. The van der Waals surface area contributed by atoms with Gasteiger partial charge in [0.2, 0.25) is 0 Å². The molecule has 0 atom stereocenters. The molecule has 1 aliphatic carbocycles. The van der Waals surface area contributed by atoms with Crippen LogP contribution in [0.15, 0.2) is 0 Å². The van der Waals surface area contributed by atoms with Crippen LogP contribution in [0.2, 0.25) is 0 Å². The zero-order valence-corrected chi connectivity index (χ0v) is 11.0. The molecule has 0 aromatic rings. The zero-order valence-electron chi connectivity index (χ0n) is 11.0. The monoisotopic (exact) mass is 226 g/mol. The lowest BCUT2D eigenvalue weighted by atomic mass is 9.70. The lowest BCUT2D eigenvalue weighted by Gasteiger charge is -2.34. The van der Waals surface area contributed by atoms with Crippen molar-refractivity contribution >= 4 is 5.97 Å². The van der Waals surface area contributed by atoms with Gasteiger partial charge in [0.25, 0.3) is 0 Å². The summed E-state index contributed by atoms with van der Waals surface area (Å²) < 4.78 is 0. The van der Waals surface area contributed by atoms with Crippen molar-refractivity contribution in [3.8, 4) is 0 Å². The van der Waals surface area contributed by atoms with Crippen molar-refractivity contribution in [3.63, 3.8) is 0 Å². The second kappa shape index (κ2) is 5.70. The van der Waals surface area contributed by atoms with Crippen LogP contribution >= 0.6 is 0 Å². The van der Waals surface area contributed by atoms with E-state index in [4.69, 9.17) is 5.11 Å². The molecule has 0 unspecified atom stereocenters. The van der Waals surface area contributed by atoms with E-state index in [0.29, 0.717) is 0 Å². The Hall–Kier alpha value is -0.530. The van der Waals surface area contributed by atoms with Crippen molar-refractivity contribution in [2.75, 3.05) is 0 Å². The Morgan fingerprint density at radius 2 is 1.94 bits per heavy atom. The van der Waals surface area contributed by atoms with Crippen LogP contribution in [0.3, 0.4) is 0 Å². The standard InChI is InChI=1S/C14H26O2/c1-11(2)5-4-6-12-7-9-14(3,10-8-12)13(15)16/h11-12H,4-10H2,1-3H3,(H,15,16)/t12-,14+. The van der Waals surface area contributed by atoms with Crippen molar-refractivity contribution in [2.24, 2.45) is 17.3 Å². The molecule has 94 valence electrons. The predicted octanol–water partition coefficient (Wildman–Crippen LogP) is 4.09. The van der Waals surface area contributed by atoms with E-state index in [9.17, 15) is 4.79 Å². The molecule has 2 heteroatoms. The highest BCUT2D eigenvalue weighted by molar-refractivity contribution is 5.74. The number of aliphatic carboxylic acids is 1. The van der Waals surface area contributed by atoms with E-state index in [-0.39, 0.29) is 0 Å². The molecule has 1 N–H and O–H groups in total. The fourth-order valence-corrected chi connectivity index (χ4v) is 2.63. The summed E-state index contributed by atoms with van der Waals surface area (Å²) in [7, 11) is 0. The Balaban J connectivity index is 2.24. The smallest absolute Gasteiger partial charge is 0.309 e. The normalized spacial score (nSPS) is 30.6. The van der Waals surface area contributed by atoms with Crippen LogP contribution in [0.5, 0.6) is 0 Å². The topological polar surface area (TPSA) is 37.3 Å². The first-order chi connectivity index (χ1) is 7.44. The van der Waals surface area contributed by atoms with Crippen LogP contribution in [0.1, 0.15) is 65.7 Å². The maximum atomic E-state index is 11.1. The first kappa shape index (κ1) is 13.5. The summed E-state index contributed by atoms with van der Waals surface area (Å²) in [6, 6.07) is 0. The third kappa shape index (κ3) is 3.80. The number of rotatable bonds is 5. The van der Waals surface area contributed by atoms with Gasteiger partial charge in [-0.3, -0.25) is 4.79 Å². The molecular formula is C14H26O2. The summed E-state index contributed by atoms with van der Waals surface area (Å²) in [6.45, 7) is 6.43. The van der Waals surface area contributed by atoms with Gasteiger partial charge in [0, 0.05) is 0 Å². The minimum atomic E-state index is -0.604. The van der Waals surface area contributed by atoms with Gasteiger partial charge in [0.1, 0.15) is 0 Å². The molecule has 0 saturated heterocycles. The van der Waals surface area contributed by atoms with Gasteiger partial charge in [-0.25, -0.2) is 0 Å². The number of carbonyl (C=O) groups is 1. The maximum Gasteiger partial charge on any atom is 0.309 e. The van der Waals surface area contributed by atoms with Gasteiger partial charge in [-0.05, 0) is 44.4 Å². The van der Waals surface area contributed by atoms with Gasteiger partial charge in [-0.1, -0.05) is 33.1 Å². The summed E-state index contributed by atoms with van der Waals surface area (Å²) in [6.07, 6.45) is 7.89. The molecule has 1 aliphatic rings. The summed E-state index contributed by atoms with van der Waals surface area (Å²) in [4.78, 5) is 11.1. The van der Waals surface area contributed by atoms with E-state index in [2.05, 4.69) is 13.8 Å². The molecular weight excluding hydrogens is 200 g/mol. The van der Waals surface area contributed by atoms with Gasteiger partial charge in [-0.2, -0.15) is 0 Å². The summed E-state index contributed by atoms with van der Waals surface area (Å²) in [5, 5.41) is 9.13. The molecule has 0 bridgehead atoms. The average Bonchev–Trinajstić information content (AvgIpc) is 2.20. The van der Waals surface area contributed by atoms with Gasteiger partial charge in [-0.15, -0.1) is 0 Å². The molecule has 0 amide bonds. The van der Waals surface area contributed by atoms with Crippen LogP contribution in [0.4, 0.5) is 0 Å². The van der Waals surface area contributed by atoms with E-state index in [1.807, 2.05) is 6.92 Å². The molecule has 1 fully saturated rings. The molecule has 0 aromatic carbocycles. The Morgan fingerprint density at radius 1 is 1.38 bits per heavy atom. The molecule has 0 spiro atoms. The van der Waals surface area contributed by atoms with E-state index in [1.54, 1.807) is 0 Å². The fraction of sp³-hybridized carbons (Fsp3) is 0.929. The predicted molar refractivity (Wildman–Crippen MR) is 66.4 cm³/mol. The molecule has 1 saturated carbocycles. The third-order valence-corrected chi connectivity index (χ3v) is 4.12. The Morgan fingerprint density at radius 3 is 2.38 bits per heavy atom. The maximum absolute atomic E-state index is 11.1. The number of carboxylic acid groups (broad SMARTS) is 1. The highest BCUT2D eigenvalue weighted by Gasteiger charge is 2.37. The van der Waals surface area contributed by atoms with E-state index < -0.39 is 11.4 Å². The minimum Gasteiger partial charge on any atom is -0.481 e. The highest BCUT2D eigenvalue weighted by atomic mass is 16.4. The molecule has 2 nitrogen and oxygen atoms in total. The quantitative estimate of drug-likeness (QED) is 0.766. The molecule has 0 aromatic heterocycles. The molecule has 1 rings (SSSR count). The second-order valence-corrected chi connectivity index (χ2v) is 6.13. The van der Waals surface area contributed by atoms with E-state index >= 15 is 0 Å². The Kier molecular flexibility index (Phi) is 4.82. The first-order valence-corrected chi connectivity index (χ1v) is 6.67. The van der Waals surface area contributed by atoms with Crippen molar-refractivity contribution < 1.29 is 9.90 Å². The van der Waals surface area contributed by atoms with Crippen molar-refractivity contribution in [1.29, 1.82) is 0 Å². The van der Waals surface area contributed by atoms with E-state index in [0.717, 1.165) is 37.5 Å². The second-order valence-electron chi connectivity index (χ2n) is 6.13. The van der Waals surface area contributed by atoms with Crippen LogP contribution in [0, 0.1) is 17.3 Å². The van der Waals surface area contributed by atoms with Crippen LogP contribution in [-0.4, -0.2) is 11.1 Å². The number of hydrogen-bond donors (Lipinski definition) is 1. The Labute approximate surface area is 99.4 Å². The van der Waals surface area contributed by atoms with Gasteiger partial charge < -0.3 is 5.11 Å². The SMILES string of the molecule is CC(C)CCC[C@H]1CC[C@@](C)(C(=O)O)CC1. The largest absolute Gasteiger partial charge is 0.481 e. The lowest BCUT2D eigenvalue weighted by molar-refractivity contribution is -0.150. The molecule has 0 heterocycles. The number of hydrogen-bond acceptors (Lipinski definition) is 1. The van der Waals surface area contributed by atoms with Crippen molar-refractivity contribution in [1.82, 2.24) is 0 Å². The van der Waals surface area contributed by atoms with Crippen molar-refractivity contribution in [3.05, 3.63) is 0 Å². The molecule has 0 radical (unpaired) electrons. The van der Waals surface area contributed by atoms with Crippen molar-refractivity contribution in [2.45, 2.75) is 65.7 Å². The lowest BCUT2D eigenvalue weighted by Crippen LogP contribution is -2.32. The van der Waals surface area contributed by atoms with Crippen LogP contribution in [0.25, 0.3) is 0 Å². The summed E-state index contributed by atoms with van der Waals surface area (Å²) in [5.74, 6) is 0.979. The van der Waals surface area contributed by atoms with Gasteiger partial charge in [0.15, 0.2) is 0 Å². The zero-order chi connectivity index (χ0) is 12.2. The first-order valence-electron chi connectivity index (χ1n) is 6.67. The summed E-state index contributed by atoms with van der Waals surface area (Å²) in [5.41, 5.74) is -0.436. The van der Waals surface area contributed by atoms with E-state index in [1.165, 1.54) is 19.3 Å². The van der Waals surface area contributed by atoms with Gasteiger partial charge in [0.05, 0.1) is 5.41 Å². The van der Waals surface area contributed by atoms with Crippen LogP contribution in [-0.2, 0) is 4.79 Å². The Bertz CT molecular complexity index is 225. The number of carboxylic acids is 1. The highest BCUT2D eigenvalue weighted by Crippen LogP contribution is 2.40. The third-order valence-electron chi connectivity index (χ3n) is 4.12. The fourth-order valence-electron chi connectivity index (χ4n) is 2.63.